The van der Waals surface area contributed by atoms with Gasteiger partial charge >= 0.3 is 0 Å². The van der Waals surface area contributed by atoms with Crippen molar-refractivity contribution in [3.63, 3.8) is 0 Å². The molecule has 0 saturated carbocycles. The summed E-state index contributed by atoms with van der Waals surface area (Å²) >= 11 is 0. The van der Waals surface area contributed by atoms with Crippen LogP contribution in [0.25, 0.3) is 0 Å². The highest BCUT2D eigenvalue weighted by molar-refractivity contribution is 14.0. The number of H-pyrrole nitrogens is 1. The van der Waals surface area contributed by atoms with Crippen LogP contribution < -0.4 is 16.4 Å². The smallest absolute Gasteiger partial charge is 0.269 e. The molecule has 0 saturated heterocycles. The summed E-state index contributed by atoms with van der Waals surface area (Å²) in [5.41, 5.74) is 5.99. The second-order valence-electron chi connectivity index (χ2n) is 4.87. The minimum Gasteiger partial charge on any atom is -0.370 e. The van der Waals surface area contributed by atoms with Crippen LogP contribution in [0.2, 0.25) is 0 Å². The molecule has 5 N–H and O–H groups in total. The second-order valence-corrected chi connectivity index (χ2v) is 4.87. The Morgan fingerprint density at radius 3 is 2.74 bits per heavy atom. The number of nitrogens with two attached hydrogens (primary N) is 1. The number of nitrogens with one attached hydrogen (secondary N) is 3. The van der Waals surface area contributed by atoms with E-state index in [1.165, 1.54) is 6.20 Å². The van der Waals surface area contributed by atoms with Crippen LogP contribution in [0.4, 0.5) is 0 Å². The normalized spacial score (nSPS) is 11.6. The number of rotatable bonds is 4. The molecular formula is C11H21IN6O. The van der Waals surface area contributed by atoms with E-state index in [9.17, 15) is 4.79 Å². The van der Waals surface area contributed by atoms with Crippen molar-refractivity contribution in [2.24, 2.45) is 10.7 Å². The van der Waals surface area contributed by atoms with E-state index in [2.05, 4.69) is 25.8 Å². The van der Waals surface area contributed by atoms with Gasteiger partial charge in [0.05, 0.1) is 6.54 Å². The van der Waals surface area contributed by atoms with Gasteiger partial charge in [0.2, 0.25) is 0 Å². The van der Waals surface area contributed by atoms with Crippen molar-refractivity contribution in [1.29, 1.82) is 0 Å². The van der Waals surface area contributed by atoms with Crippen molar-refractivity contribution in [2.45, 2.75) is 26.3 Å². The molecule has 108 valence electrons. The summed E-state index contributed by atoms with van der Waals surface area (Å²) in [6.45, 7) is 6.83. The average molecular weight is 380 g/mol. The van der Waals surface area contributed by atoms with E-state index in [1.54, 1.807) is 6.07 Å². The lowest BCUT2D eigenvalue weighted by atomic mass is 10.1. The Hall–Kier alpha value is -1.32. The van der Waals surface area contributed by atoms with Gasteiger partial charge in [0.15, 0.2) is 5.96 Å². The third-order valence-corrected chi connectivity index (χ3v) is 1.93. The number of halogens is 1. The van der Waals surface area contributed by atoms with E-state index in [-0.39, 0.29) is 35.4 Å². The maximum Gasteiger partial charge on any atom is 0.269 e. The molecule has 0 aliphatic heterocycles. The first-order valence-electron chi connectivity index (χ1n) is 5.74. The number of hydrogen-bond donors (Lipinski definition) is 4. The molecule has 0 spiro atoms. The third-order valence-electron chi connectivity index (χ3n) is 1.93. The van der Waals surface area contributed by atoms with Crippen LogP contribution in [0.5, 0.6) is 0 Å². The molecule has 8 heteroatoms. The molecule has 19 heavy (non-hydrogen) atoms. The number of carbonyl (C=O) groups excluding carboxylic acids is 1. The number of aromatic nitrogens is 2. The Morgan fingerprint density at radius 2 is 2.21 bits per heavy atom. The number of aliphatic imine (C=N–C) groups is 1. The molecule has 0 unspecified atom stereocenters. The molecule has 0 atom stereocenters. The molecule has 0 bridgehead atoms. The van der Waals surface area contributed by atoms with Gasteiger partial charge in [-0.15, -0.1) is 24.0 Å². The maximum atomic E-state index is 11.5. The van der Waals surface area contributed by atoms with Crippen LogP contribution in [0.15, 0.2) is 17.3 Å². The lowest BCUT2D eigenvalue weighted by Crippen LogP contribution is -2.45. The zero-order chi connectivity index (χ0) is 13.6. The fraction of sp³-hybridized carbons (Fsp3) is 0.545. The molecule has 0 aliphatic rings. The quantitative estimate of drug-likeness (QED) is 0.263. The van der Waals surface area contributed by atoms with E-state index < -0.39 is 0 Å². The van der Waals surface area contributed by atoms with Gasteiger partial charge in [0.25, 0.3) is 5.91 Å². The minimum absolute atomic E-state index is 0. The summed E-state index contributed by atoms with van der Waals surface area (Å²) in [7, 11) is 0. The van der Waals surface area contributed by atoms with Crippen molar-refractivity contribution >= 4 is 35.8 Å². The summed E-state index contributed by atoms with van der Waals surface area (Å²) in [6, 6.07) is 1.61. The predicted octanol–water partition coefficient (Wildman–Crippen LogP) is 0.460. The van der Waals surface area contributed by atoms with Crippen molar-refractivity contribution in [3.05, 3.63) is 18.0 Å². The second kappa shape index (κ2) is 7.97. The highest BCUT2D eigenvalue weighted by Crippen LogP contribution is 1.96. The largest absolute Gasteiger partial charge is 0.370 e. The fourth-order valence-corrected chi connectivity index (χ4v) is 1.25. The molecule has 0 aliphatic carbocycles. The van der Waals surface area contributed by atoms with Gasteiger partial charge < -0.3 is 16.4 Å². The Balaban J connectivity index is 0.00000324. The van der Waals surface area contributed by atoms with Crippen LogP contribution in [-0.4, -0.2) is 40.7 Å². The minimum atomic E-state index is -0.204. The average Bonchev–Trinajstić information content (AvgIpc) is 2.74. The van der Waals surface area contributed by atoms with E-state index in [1.807, 2.05) is 20.8 Å². The third kappa shape index (κ3) is 7.65. The summed E-state index contributed by atoms with van der Waals surface area (Å²) in [4.78, 5) is 15.6. The molecular weight excluding hydrogens is 359 g/mol. The van der Waals surface area contributed by atoms with Crippen LogP contribution in [0, 0.1) is 0 Å². The van der Waals surface area contributed by atoms with Crippen molar-refractivity contribution in [3.8, 4) is 0 Å². The number of aromatic amines is 1. The lowest BCUT2D eigenvalue weighted by molar-refractivity contribution is 0.0950. The van der Waals surface area contributed by atoms with Crippen molar-refractivity contribution in [1.82, 2.24) is 20.8 Å². The highest BCUT2D eigenvalue weighted by atomic mass is 127. The van der Waals surface area contributed by atoms with Gasteiger partial charge in [-0.3, -0.25) is 14.9 Å². The highest BCUT2D eigenvalue weighted by Gasteiger charge is 2.09. The predicted molar refractivity (Wildman–Crippen MR) is 85.7 cm³/mol. The fourth-order valence-electron chi connectivity index (χ4n) is 1.25. The van der Waals surface area contributed by atoms with Gasteiger partial charge in [0.1, 0.15) is 5.69 Å². The monoisotopic (exact) mass is 380 g/mol. The Labute approximate surface area is 129 Å². The first-order chi connectivity index (χ1) is 8.38. The van der Waals surface area contributed by atoms with E-state index in [0.717, 1.165) is 0 Å². The molecule has 1 rings (SSSR count). The number of amides is 1. The van der Waals surface area contributed by atoms with Gasteiger partial charge in [-0.05, 0) is 26.8 Å². The summed E-state index contributed by atoms with van der Waals surface area (Å²) < 4.78 is 0. The van der Waals surface area contributed by atoms with Crippen molar-refractivity contribution in [2.75, 3.05) is 13.1 Å². The van der Waals surface area contributed by atoms with E-state index in [4.69, 9.17) is 5.73 Å². The molecule has 1 amide bonds. The zero-order valence-corrected chi connectivity index (χ0v) is 13.7. The summed E-state index contributed by atoms with van der Waals surface area (Å²) in [5.74, 6) is 0.170. The van der Waals surface area contributed by atoms with Crippen LogP contribution in [0.3, 0.4) is 0 Å². The van der Waals surface area contributed by atoms with E-state index in [0.29, 0.717) is 24.7 Å². The molecule has 1 aromatic rings. The Bertz CT molecular complexity index is 409. The van der Waals surface area contributed by atoms with Crippen molar-refractivity contribution < 1.29 is 4.79 Å². The molecule has 0 radical (unpaired) electrons. The SMILES string of the molecule is CC(C)(C)NC(N)=NCCNC(=O)c1ccn[nH]1.I. The topological polar surface area (TPSA) is 108 Å². The van der Waals surface area contributed by atoms with Crippen LogP contribution in [0.1, 0.15) is 31.3 Å². The standard InChI is InChI=1S/C11H20N6O.HI/c1-11(2,3)16-10(12)14-7-6-13-9(18)8-4-5-15-17-8;/h4-5H,6-7H2,1-3H3,(H,13,18)(H,15,17)(H3,12,14,16);1H. The summed E-state index contributed by atoms with van der Waals surface area (Å²) in [5, 5.41) is 12.0. The van der Waals surface area contributed by atoms with Crippen LogP contribution in [-0.2, 0) is 0 Å². The number of nitrogens with zero attached hydrogens (tertiary/aromatic N) is 2. The number of hydrogen-bond acceptors (Lipinski definition) is 3. The molecule has 0 fully saturated rings. The zero-order valence-electron chi connectivity index (χ0n) is 11.4. The Kier molecular flexibility index (Phi) is 7.42. The lowest BCUT2D eigenvalue weighted by Gasteiger charge is -2.20. The molecule has 0 aromatic carbocycles. The molecule has 1 aromatic heterocycles. The molecule has 7 nitrogen and oxygen atoms in total. The molecule has 1 heterocycles. The number of carbonyl (C=O) groups is 1. The van der Waals surface area contributed by atoms with E-state index >= 15 is 0 Å². The van der Waals surface area contributed by atoms with Gasteiger partial charge in [-0.1, -0.05) is 0 Å². The maximum absolute atomic E-state index is 11.5. The van der Waals surface area contributed by atoms with Gasteiger partial charge in [-0.25, -0.2) is 0 Å². The number of guanidine groups is 1. The van der Waals surface area contributed by atoms with Gasteiger partial charge in [-0.2, -0.15) is 5.10 Å². The first kappa shape index (κ1) is 17.7. The van der Waals surface area contributed by atoms with Crippen LogP contribution >= 0.6 is 24.0 Å². The Morgan fingerprint density at radius 1 is 1.53 bits per heavy atom. The summed E-state index contributed by atoms with van der Waals surface area (Å²) in [6.07, 6.45) is 1.53. The first-order valence-corrected chi connectivity index (χ1v) is 5.74. The van der Waals surface area contributed by atoms with Gasteiger partial charge in [0, 0.05) is 18.3 Å².